The van der Waals surface area contributed by atoms with E-state index in [0.29, 0.717) is 5.56 Å². The van der Waals surface area contributed by atoms with E-state index in [1.165, 1.54) is 0 Å². The molecule has 0 bridgehead atoms. The molecule has 0 radical (unpaired) electrons. The minimum Gasteiger partial charge on any atom is -0.480 e. The van der Waals surface area contributed by atoms with Crippen LogP contribution in [0.2, 0.25) is 0 Å². The highest BCUT2D eigenvalue weighted by Gasteiger charge is 2.41. The van der Waals surface area contributed by atoms with Gasteiger partial charge in [-0.3, -0.25) is 10.00 Å². The van der Waals surface area contributed by atoms with E-state index in [1.54, 1.807) is 17.1 Å². The lowest BCUT2D eigenvalue weighted by atomic mass is 9.89. The number of carboxylic acid groups (broad SMARTS) is 1. The number of rotatable bonds is 6. The van der Waals surface area contributed by atoms with Crippen molar-refractivity contribution in [2.45, 2.75) is 32.0 Å². The van der Waals surface area contributed by atoms with Crippen LogP contribution < -0.4 is 5.32 Å². The third kappa shape index (κ3) is 3.51. The molecule has 2 aromatic rings. The summed E-state index contributed by atoms with van der Waals surface area (Å²) in [5.74, 6) is -0.922. The van der Waals surface area contributed by atoms with Crippen molar-refractivity contribution in [1.29, 1.82) is 0 Å². The Morgan fingerprint density at radius 1 is 1.43 bits per heavy atom. The summed E-state index contributed by atoms with van der Waals surface area (Å²) in [5.41, 5.74) is -0.515. The molecule has 1 unspecified atom stereocenters. The van der Waals surface area contributed by atoms with Gasteiger partial charge in [-0.1, -0.05) is 30.3 Å². The van der Waals surface area contributed by atoms with Crippen LogP contribution in [0.1, 0.15) is 19.4 Å². The Labute approximate surface area is 132 Å². The van der Waals surface area contributed by atoms with Gasteiger partial charge in [0, 0.05) is 12.2 Å². The van der Waals surface area contributed by atoms with E-state index in [2.05, 4.69) is 26.3 Å². The molecule has 1 heterocycles. The fourth-order valence-corrected chi connectivity index (χ4v) is 2.68. The fraction of sp³-hybridized carbons (Fsp3) is 0.333. The molecule has 0 spiro atoms. The molecule has 1 aromatic carbocycles. The lowest BCUT2D eigenvalue weighted by Crippen LogP contribution is -2.54. The van der Waals surface area contributed by atoms with Gasteiger partial charge in [-0.15, -0.1) is 0 Å². The van der Waals surface area contributed by atoms with E-state index >= 15 is 0 Å². The quantitative estimate of drug-likeness (QED) is 0.839. The molecular formula is C15H18BrN3O2. The number of nitrogens with one attached hydrogen (secondary N) is 1. The molecule has 1 atom stereocenters. The number of benzene rings is 1. The first-order chi connectivity index (χ1) is 9.94. The summed E-state index contributed by atoms with van der Waals surface area (Å²) in [7, 11) is 0. The topological polar surface area (TPSA) is 67.2 Å². The van der Waals surface area contributed by atoms with Gasteiger partial charge in [0.15, 0.2) is 5.54 Å². The zero-order valence-electron chi connectivity index (χ0n) is 12.0. The fourth-order valence-electron chi connectivity index (χ4n) is 2.36. The Hall–Kier alpha value is -1.66. The van der Waals surface area contributed by atoms with Crippen molar-refractivity contribution < 1.29 is 9.90 Å². The molecule has 1 aromatic heterocycles. The highest BCUT2D eigenvalue weighted by Crippen LogP contribution is 2.25. The highest BCUT2D eigenvalue weighted by molar-refractivity contribution is 9.10. The van der Waals surface area contributed by atoms with Crippen molar-refractivity contribution in [2.75, 3.05) is 0 Å². The number of carbonyl (C=O) groups is 1. The molecule has 112 valence electrons. The molecule has 0 aliphatic carbocycles. The van der Waals surface area contributed by atoms with Crippen LogP contribution in [-0.4, -0.2) is 26.9 Å². The second kappa shape index (κ2) is 6.41. The van der Waals surface area contributed by atoms with Crippen LogP contribution in [-0.2, 0) is 16.9 Å². The number of aromatic nitrogens is 2. The smallest absolute Gasteiger partial charge is 0.330 e. The molecule has 2 N–H and O–H groups in total. The van der Waals surface area contributed by atoms with Gasteiger partial charge >= 0.3 is 5.97 Å². The number of halogens is 1. The van der Waals surface area contributed by atoms with E-state index in [0.717, 1.165) is 4.47 Å². The van der Waals surface area contributed by atoms with E-state index in [1.807, 2.05) is 44.2 Å². The van der Waals surface area contributed by atoms with E-state index in [4.69, 9.17) is 0 Å². The van der Waals surface area contributed by atoms with Crippen molar-refractivity contribution in [3.8, 4) is 0 Å². The third-order valence-corrected chi connectivity index (χ3v) is 3.58. The molecule has 6 heteroatoms. The van der Waals surface area contributed by atoms with Crippen LogP contribution in [0.4, 0.5) is 0 Å². The zero-order chi connectivity index (χ0) is 15.5. The van der Waals surface area contributed by atoms with Crippen molar-refractivity contribution in [3.63, 3.8) is 0 Å². The Bertz CT molecular complexity index is 612. The summed E-state index contributed by atoms with van der Waals surface area (Å²) < 4.78 is 2.44. The summed E-state index contributed by atoms with van der Waals surface area (Å²) in [4.78, 5) is 12.1. The Morgan fingerprint density at radius 2 is 2.10 bits per heavy atom. The summed E-state index contributed by atoms with van der Waals surface area (Å²) in [6.45, 7) is 4.06. The number of aliphatic carboxylic acids is 1. The van der Waals surface area contributed by atoms with Crippen molar-refractivity contribution in [1.82, 2.24) is 15.1 Å². The van der Waals surface area contributed by atoms with E-state index in [-0.39, 0.29) is 12.6 Å². The predicted molar refractivity (Wildman–Crippen MR) is 84.0 cm³/mol. The normalized spacial score (nSPS) is 14.1. The second-order valence-corrected chi connectivity index (χ2v) is 6.15. The average molecular weight is 352 g/mol. The Morgan fingerprint density at radius 3 is 2.57 bits per heavy atom. The van der Waals surface area contributed by atoms with Gasteiger partial charge in [-0.05, 0) is 35.3 Å². The van der Waals surface area contributed by atoms with E-state index < -0.39 is 11.5 Å². The van der Waals surface area contributed by atoms with Crippen molar-refractivity contribution >= 4 is 21.9 Å². The summed E-state index contributed by atoms with van der Waals surface area (Å²) >= 11 is 3.33. The molecule has 0 aliphatic heterocycles. The van der Waals surface area contributed by atoms with Crippen molar-refractivity contribution in [3.05, 3.63) is 52.8 Å². The summed E-state index contributed by atoms with van der Waals surface area (Å²) in [6, 6.07) is 9.21. The molecule has 0 amide bonds. The van der Waals surface area contributed by atoms with Crippen LogP contribution in [0.15, 0.2) is 47.2 Å². The lowest BCUT2D eigenvalue weighted by Gasteiger charge is -2.33. The zero-order valence-corrected chi connectivity index (χ0v) is 13.5. The van der Waals surface area contributed by atoms with Gasteiger partial charge in [0.25, 0.3) is 0 Å². The first kappa shape index (κ1) is 15.7. The molecule has 0 saturated heterocycles. The third-order valence-electron chi connectivity index (χ3n) is 3.17. The van der Waals surface area contributed by atoms with Gasteiger partial charge in [-0.25, -0.2) is 4.79 Å². The number of carboxylic acids is 1. The van der Waals surface area contributed by atoms with Crippen molar-refractivity contribution in [2.24, 2.45) is 0 Å². The molecule has 0 fully saturated rings. The Kier molecular flexibility index (Phi) is 4.80. The van der Waals surface area contributed by atoms with Crippen LogP contribution in [0, 0.1) is 0 Å². The second-order valence-electron chi connectivity index (χ2n) is 5.23. The molecule has 21 heavy (non-hydrogen) atoms. The van der Waals surface area contributed by atoms with Gasteiger partial charge in [0.1, 0.15) is 0 Å². The maximum absolute atomic E-state index is 12.1. The van der Waals surface area contributed by atoms with Gasteiger partial charge in [0.2, 0.25) is 0 Å². The average Bonchev–Trinajstić information content (AvgIpc) is 2.83. The minimum atomic E-state index is -1.22. The summed E-state index contributed by atoms with van der Waals surface area (Å²) in [6.07, 6.45) is 3.41. The first-order valence-corrected chi connectivity index (χ1v) is 7.48. The minimum absolute atomic E-state index is 0.0142. The standard InChI is InChI=1S/C15H18BrN3O2/c1-11(2)18-15(14(20)21,12-6-4-3-5-7-12)10-19-9-13(16)8-17-19/h3-9,11,18H,10H2,1-2H3,(H,20,21). The van der Waals surface area contributed by atoms with Gasteiger partial charge in [0.05, 0.1) is 17.2 Å². The molecule has 0 saturated carbocycles. The lowest BCUT2D eigenvalue weighted by molar-refractivity contribution is -0.146. The highest BCUT2D eigenvalue weighted by atomic mass is 79.9. The monoisotopic (exact) mass is 351 g/mol. The number of hydrogen-bond acceptors (Lipinski definition) is 3. The maximum atomic E-state index is 12.1. The molecule has 2 rings (SSSR count). The van der Waals surface area contributed by atoms with E-state index in [9.17, 15) is 9.90 Å². The van der Waals surface area contributed by atoms with Gasteiger partial charge in [-0.2, -0.15) is 5.10 Å². The summed E-state index contributed by atoms with van der Waals surface area (Å²) in [5, 5.41) is 17.3. The van der Waals surface area contributed by atoms with Crippen LogP contribution >= 0.6 is 15.9 Å². The number of nitrogens with zero attached hydrogens (tertiary/aromatic N) is 2. The molecule has 0 aliphatic rings. The van der Waals surface area contributed by atoms with Gasteiger partial charge < -0.3 is 5.11 Å². The maximum Gasteiger partial charge on any atom is 0.330 e. The number of hydrogen-bond donors (Lipinski definition) is 2. The van der Waals surface area contributed by atoms with Crippen LogP contribution in [0.25, 0.3) is 0 Å². The van der Waals surface area contributed by atoms with Crippen LogP contribution in [0.5, 0.6) is 0 Å². The predicted octanol–water partition coefficient (Wildman–Crippen LogP) is 2.62. The van der Waals surface area contributed by atoms with Crippen LogP contribution in [0.3, 0.4) is 0 Å². The molecular weight excluding hydrogens is 334 g/mol. The Balaban J connectivity index is 2.48. The SMILES string of the molecule is CC(C)NC(Cn1cc(Br)cn1)(C(=O)O)c1ccccc1. The first-order valence-electron chi connectivity index (χ1n) is 6.68. The molecule has 5 nitrogen and oxygen atoms in total. The largest absolute Gasteiger partial charge is 0.480 e.